The monoisotopic (exact) mass is 434 g/mol. The molecule has 1 aromatic heterocycles. The second kappa shape index (κ2) is 8.99. The van der Waals surface area contributed by atoms with Gasteiger partial charge in [-0.15, -0.1) is 0 Å². The molecule has 5 N–H and O–H groups in total. The standard InChI is InChI=1S/C21H21F3N4O3/c1-2-30-16-8-12(7-14-10-27-20(26)28-19(14)25)9-17(31-11-21(22,23)24)18(16)13-3-5-15(29)6-4-13/h3-6,8-10,29H,2,7,11H2,1H3,(H4,25,26,27,28). The number of nitrogens with two attached hydrogens (primary N) is 2. The molecule has 10 heteroatoms. The summed E-state index contributed by atoms with van der Waals surface area (Å²) in [7, 11) is 0. The van der Waals surface area contributed by atoms with Crippen LogP contribution < -0.4 is 20.9 Å². The number of aromatic hydroxyl groups is 1. The summed E-state index contributed by atoms with van der Waals surface area (Å²) in [6.07, 6.45) is -2.84. The number of phenolic OH excluding ortho intramolecular Hbond substituents is 1. The summed E-state index contributed by atoms with van der Waals surface area (Å²) >= 11 is 0. The Hall–Kier alpha value is -3.69. The van der Waals surface area contributed by atoms with Gasteiger partial charge in [0.2, 0.25) is 5.95 Å². The number of aromatic nitrogens is 2. The van der Waals surface area contributed by atoms with Crippen molar-refractivity contribution in [2.24, 2.45) is 0 Å². The van der Waals surface area contributed by atoms with Crippen molar-refractivity contribution in [1.82, 2.24) is 9.97 Å². The lowest BCUT2D eigenvalue weighted by atomic mass is 9.98. The first-order chi connectivity index (χ1) is 14.7. The van der Waals surface area contributed by atoms with Gasteiger partial charge in [0.25, 0.3) is 0 Å². The predicted molar refractivity (Wildman–Crippen MR) is 110 cm³/mol. The molecule has 0 saturated carbocycles. The number of alkyl halides is 3. The molecular formula is C21H21F3N4O3. The van der Waals surface area contributed by atoms with Crippen LogP contribution in [0.25, 0.3) is 11.1 Å². The van der Waals surface area contributed by atoms with Crippen molar-refractivity contribution in [3.8, 4) is 28.4 Å². The second-order valence-corrected chi connectivity index (χ2v) is 6.67. The van der Waals surface area contributed by atoms with Crippen LogP contribution in [-0.2, 0) is 6.42 Å². The van der Waals surface area contributed by atoms with Gasteiger partial charge in [-0.1, -0.05) is 12.1 Å². The average Bonchev–Trinajstić information content (AvgIpc) is 2.69. The number of nitrogens with zero attached hydrogens (tertiary/aromatic N) is 2. The predicted octanol–water partition coefficient (Wildman–Crippen LogP) is 3.94. The van der Waals surface area contributed by atoms with E-state index in [-0.39, 0.29) is 36.3 Å². The molecule has 1 heterocycles. The SMILES string of the molecule is CCOc1cc(Cc2cnc(N)nc2N)cc(OCC(F)(F)F)c1-c1ccc(O)cc1. The van der Waals surface area contributed by atoms with Crippen LogP contribution in [0.15, 0.2) is 42.6 Å². The molecule has 0 bridgehead atoms. The fourth-order valence-electron chi connectivity index (χ4n) is 2.99. The topological polar surface area (TPSA) is 117 Å². The summed E-state index contributed by atoms with van der Waals surface area (Å²) in [6, 6.07) is 9.18. The zero-order valence-corrected chi connectivity index (χ0v) is 16.6. The fourth-order valence-corrected chi connectivity index (χ4v) is 2.99. The number of hydrogen-bond acceptors (Lipinski definition) is 7. The first kappa shape index (κ1) is 22.0. The highest BCUT2D eigenvalue weighted by molar-refractivity contribution is 5.78. The molecule has 3 aromatic rings. The van der Waals surface area contributed by atoms with Gasteiger partial charge in [-0.25, -0.2) is 4.98 Å². The van der Waals surface area contributed by atoms with E-state index in [1.54, 1.807) is 25.1 Å². The zero-order valence-electron chi connectivity index (χ0n) is 16.6. The van der Waals surface area contributed by atoms with Gasteiger partial charge in [0.15, 0.2) is 6.61 Å². The van der Waals surface area contributed by atoms with E-state index < -0.39 is 12.8 Å². The van der Waals surface area contributed by atoms with Crippen LogP contribution in [0.4, 0.5) is 24.9 Å². The summed E-state index contributed by atoms with van der Waals surface area (Å²) < 4.78 is 49.5. The van der Waals surface area contributed by atoms with Gasteiger partial charge < -0.3 is 26.0 Å². The Kier molecular flexibility index (Phi) is 6.38. The first-order valence-corrected chi connectivity index (χ1v) is 9.32. The van der Waals surface area contributed by atoms with Crippen molar-refractivity contribution in [2.75, 3.05) is 24.7 Å². The van der Waals surface area contributed by atoms with E-state index in [1.807, 2.05) is 0 Å². The minimum atomic E-state index is -4.52. The molecule has 0 aliphatic rings. The lowest BCUT2D eigenvalue weighted by Gasteiger charge is -2.19. The average molecular weight is 434 g/mol. The Morgan fingerprint density at radius 3 is 2.26 bits per heavy atom. The van der Waals surface area contributed by atoms with Crippen LogP contribution in [0.1, 0.15) is 18.1 Å². The second-order valence-electron chi connectivity index (χ2n) is 6.67. The van der Waals surface area contributed by atoms with Gasteiger partial charge in [-0.05, 0) is 42.3 Å². The van der Waals surface area contributed by atoms with Crippen molar-refractivity contribution < 1.29 is 27.8 Å². The Balaban J connectivity index is 2.10. The molecule has 0 fully saturated rings. The number of ether oxygens (including phenoxy) is 2. The summed E-state index contributed by atoms with van der Waals surface area (Å²) in [5.74, 6) is 0.533. The van der Waals surface area contributed by atoms with Crippen LogP contribution in [0.2, 0.25) is 0 Å². The molecule has 0 amide bonds. The van der Waals surface area contributed by atoms with Gasteiger partial charge in [0, 0.05) is 18.2 Å². The third-order valence-corrected chi connectivity index (χ3v) is 4.28. The van der Waals surface area contributed by atoms with Crippen molar-refractivity contribution in [2.45, 2.75) is 19.5 Å². The third-order valence-electron chi connectivity index (χ3n) is 4.28. The molecule has 164 valence electrons. The van der Waals surface area contributed by atoms with E-state index in [9.17, 15) is 18.3 Å². The molecule has 0 saturated heterocycles. The molecule has 0 atom stereocenters. The quantitative estimate of drug-likeness (QED) is 0.516. The lowest BCUT2D eigenvalue weighted by molar-refractivity contribution is -0.153. The maximum Gasteiger partial charge on any atom is 0.422 e. The third kappa shape index (κ3) is 5.68. The summed E-state index contributed by atoms with van der Waals surface area (Å²) in [6.45, 7) is 0.565. The summed E-state index contributed by atoms with van der Waals surface area (Å²) in [5.41, 5.74) is 13.4. The number of anilines is 2. The molecular weight excluding hydrogens is 413 g/mol. The van der Waals surface area contributed by atoms with E-state index in [0.29, 0.717) is 28.0 Å². The summed E-state index contributed by atoms with van der Waals surface area (Å²) in [5, 5.41) is 9.57. The Morgan fingerprint density at radius 2 is 1.68 bits per heavy atom. The van der Waals surface area contributed by atoms with Gasteiger partial charge in [0.05, 0.1) is 12.2 Å². The smallest absolute Gasteiger partial charge is 0.422 e. The number of benzene rings is 2. The van der Waals surface area contributed by atoms with Gasteiger partial charge in [-0.2, -0.15) is 18.2 Å². The molecule has 2 aromatic carbocycles. The van der Waals surface area contributed by atoms with Crippen molar-refractivity contribution >= 4 is 11.8 Å². The molecule has 0 spiro atoms. The minimum Gasteiger partial charge on any atom is -0.508 e. The highest BCUT2D eigenvalue weighted by Gasteiger charge is 2.29. The van der Waals surface area contributed by atoms with E-state index >= 15 is 0 Å². The van der Waals surface area contributed by atoms with E-state index in [2.05, 4.69) is 9.97 Å². The van der Waals surface area contributed by atoms with Gasteiger partial charge in [-0.3, -0.25) is 0 Å². The van der Waals surface area contributed by atoms with Gasteiger partial charge in [0.1, 0.15) is 23.1 Å². The normalized spacial score (nSPS) is 11.4. The highest BCUT2D eigenvalue weighted by Crippen LogP contribution is 2.41. The molecule has 7 nitrogen and oxygen atoms in total. The number of rotatable bonds is 7. The summed E-state index contributed by atoms with van der Waals surface area (Å²) in [4.78, 5) is 7.81. The Bertz CT molecular complexity index is 1060. The minimum absolute atomic E-state index is 0.0149. The van der Waals surface area contributed by atoms with Crippen LogP contribution in [-0.4, -0.2) is 34.5 Å². The maximum atomic E-state index is 12.9. The molecule has 0 radical (unpaired) electrons. The van der Waals surface area contributed by atoms with Gasteiger partial charge >= 0.3 is 6.18 Å². The van der Waals surface area contributed by atoms with E-state index in [0.717, 1.165) is 0 Å². The van der Waals surface area contributed by atoms with E-state index in [1.165, 1.54) is 24.4 Å². The molecule has 3 rings (SSSR count). The lowest BCUT2D eigenvalue weighted by Crippen LogP contribution is -2.19. The molecule has 0 aliphatic carbocycles. The number of halogens is 3. The Labute approximate surface area is 176 Å². The zero-order chi connectivity index (χ0) is 22.6. The van der Waals surface area contributed by atoms with Crippen LogP contribution in [0.3, 0.4) is 0 Å². The highest BCUT2D eigenvalue weighted by atomic mass is 19.4. The van der Waals surface area contributed by atoms with Crippen LogP contribution in [0.5, 0.6) is 17.2 Å². The van der Waals surface area contributed by atoms with E-state index in [4.69, 9.17) is 20.9 Å². The van der Waals surface area contributed by atoms with Crippen molar-refractivity contribution in [1.29, 1.82) is 0 Å². The number of hydrogen-bond donors (Lipinski definition) is 3. The van der Waals surface area contributed by atoms with Crippen LogP contribution in [0, 0.1) is 0 Å². The molecule has 31 heavy (non-hydrogen) atoms. The number of phenols is 1. The Morgan fingerprint density at radius 1 is 1.03 bits per heavy atom. The fraction of sp³-hybridized carbons (Fsp3) is 0.238. The maximum absolute atomic E-state index is 12.9. The molecule has 0 unspecified atom stereocenters. The largest absolute Gasteiger partial charge is 0.508 e. The van der Waals surface area contributed by atoms with Crippen LogP contribution >= 0.6 is 0 Å². The van der Waals surface area contributed by atoms with Crippen molar-refractivity contribution in [3.05, 3.63) is 53.7 Å². The van der Waals surface area contributed by atoms with Crippen molar-refractivity contribution in [3.63, 3.8) is 0 Å². The number of nitrogen functional groups attached to an aromatic ring is 2. The first-order valence-electron chi connectivity index (χ1n) is 9.32. The molecule has 0 aliphatic heterocycles.